The molecule has 1 nitrogen and oxygen atoms in total. The molecule has 2 rings (SSSR count). The summed E-state index contributed by atoms with van der Waals surface area (Å²) in [5, 5.41) is 0. The minimum Gasteiger partial charge on any atom is -0.321 e. The Balaban J connectivity index is 2.23. The fourth-order valence-corrected chi connectivity index (χ4v) is 3.14. The predicted octanol–water partition coefficient (Wildman–Crippen LogP) is 4.00. The minimum absolute atomic E-state index is 0.0654. The molecule has 2 atom stereocenters. The first-order valence-corrected chi connectivity index (χ1v) is 7.06. The molecule has 0 aliphatic heterocycles. The molecule has 0 bridgehead atoms. The van der Waals surface area contributed by atoms with Crippen LogP contribution in [-0.4, -0.2) is 0 Å². The van der Waals surface area contributed by atoms with Crippen molar-refractivity contribution >= 4 is 0 Å². The van der Waals surface area contributed by atoms with E-state index in [1.54, 1.807) is 0 Å². The fraction of sp³-hybridized carbons (Fsp3) is 0.625. The Morgan fingerprint density at radius 3 is 2.88 bits per heavy atom. The Bertz CT molecular complexity index is 372. The summed E-state index contributed by atoms with van der Waals surface area (Å²) in [5.41, 5.74) is 9.37. The average molecular weight is 231 g/mol. The van der Waals surface area contributed by atoms with Crippen molar-refractivity contribution in [2.24, 2.45) is 11.7 Å². The Labute approximate surface area is 105 Å². The molecule has 0 spiro atoms. The Kier molecular flexibility index (Phi) is 3.88. The summed E-state index contributed by atoms with van der Waals surface area (Å²) in [5.74, 6) is 0.819. The number of hydrogen-bond donors (Lipinski definition) is 1. The van der Waals surface area contributed by atoms with Crippen molar-refractivity contribution in [2.45, 2.75) is 57.9 Å². The molecule has 1 aromatic carbocycles. The maximum atomic E-state index is 6.67. The number of aryl methyl sites for hydroxylation is 1. The number of benzene rings is 1. The first kappa shape index (κ1) is 12.6. The minimum atomic E-state index is -0.0654. The summed E-state index contributed by atoms with van der Waals surface area (Å²) in [4.78, 5) is 0. The van der Waals surface area contributed by atoms with Crippen LogP contribution in [0, 0.1) is 5.92 Å². The highest BCUT2D eigenvalue weighted by atomic mass is 14.7. The number of hydrogen-bond acceptors (Lipinski definition) is 1. The molecule has 1 aromatic rings. The summed E-state index contributed by atoms with van der Waals surface area (Å²) >= 11 is 0. The van der Waals surface area contributed by atoms with Crippen LogP contribution in [0.4, 0.5) is 0 Å². The van der Waals surface area contributed by atoms with Crippen LogP contribution in [0.25, 0.3) is 0 Å². The molecule has 94 valence electrons. The third kappa shape index (κ3) is 2.71. The molecule has 1 aliphatic carbocycles. The van der Waals surface area contributed by atoms with Crippen molar-refractivity contribution in [1.29, 1.82) is 0 Å². The molecule has 17 heavy (non-hydrogen) atoms. The van der Waals surface area contributed by atoms with Gasteiger partial charge < -0.3 is 5.73 Å². The maximum absolute atomic E-state index is 6.67. The third-order valence-electron chi connectivity index (χ3n) is 4.38. The van der Waals surface area contributed by atoms with Crippen molar-refractivity contribution in [2.75, 3.05) is 0 Å². The highest BCUT2D eigenvalue weighted by molar-refractivity contribution is 5.30. The van der Waals surface area contributed by atoms with Crippen LogP contribution in [0.1, 0.15) is 57.1 Å². The predicted molar refractivity (Wildman–Crippen MR) is 73.9 cm³/mol. The van der Waals surface area contributed by atoms with Crippen LogP contribution < -0.4 is 5.73 Å². The molecule has 2 N–H and O–H groups in total. The lowest BCUT2D eigenvalue weighted by atomic mass is 9.71. The lowest BCUT2D eigenvalue weighted by Gasteiger charge is -2.38. The van der Waals surface area contributed by atoms with Gasteiger partial charge in [-0.25, -0.2) is 0 Å². The smallest absolute Gasteiger partial charge is 0.0412 e. The largest absolute Gasteiger partial charge is 0.321 e. The quantitative estimate of drug-likeness (QED) is 0.836. The van der Waals surface area contributed by atoms with Crippen LogP contribution in [0.5, 0.6) is 0 Å². The zero-order valence-electron chi connectivity index (χ0n) is 11.2. The van der Waals surface area contributed by atoms with Gasteiger partial charge in [0.25, 0.3) is 0 Å². The van der Waals surface area contributed by atoms with Gasteiger partial charge in [0.2, 0.25) is 0 Å². The van der Waals surface area contributed by atoms with Gasteiger partial charge in [0, 0.05) is 5.54 Å². The van der Waals surface area contributed by atoms with Gasteiger partial charge in [0.05, 0.1) is 0 Å². The highest BCUT2D eigenvalue weighted by Gasteiger charge is 2.33. The van der Waals surface area contributed by atoms with Crippen molar-refractivity contribution in [3.8, 4) is 0 Å². The molecule has 2 unspecified atom stereocenters. The van der Waals surface area contributed by atoms with Gasteiger partial charge in [-0.1, -0.05) is 57.4 Å². The molecular weight excluding hydrogens is 206 g/mol. The number of nitrogens with two attached hydrogens (primary N) is 1. The van der Waals surface area contributed by atoms with Crippen molar-refractivity contribution in [1.82, 2.24) is 0 Å². The van der Waals surface area contributed by atoms with Crippen LogP contribution in [0.2, 0.25) is 0 Å². The van der Waals surface area contributed by atoms with Gasteiger partial charge in [-0.05, 0) is 36.3 Å². The number of rotatable bonds is 3. The lowest BCUT2D eigenvalue weighted by Crippen LogP contribution is -2.41. The monoisotopic (exact) mass is 231 g/mol. The second kappa shape index (κ2) is 5.22. The molecule has 1 saturated carbocycles. The van der Waals surface area contributed by atoms with E-state index in [1.807, 2.05) is 0 Å². The van der Waals surface area contributed by atoms with E-state index in [1.165, 1.54) is 30.4 Å². The van der Waals surface area contributed by atoms with Crippen molar-refractivity contribution < 1.29 is 0 Å². The maximum Gasteiger partial charge on any atom is 0.0412 e. The second-order valence-electron chi connectivity index (χ2n) is 5.58. The molecular formula is C16H25N. The summed E-state index contributed by atoms with van der Waals surface area (Å²) < 4.78 is 0. The van der Waals surface area contributed by atoms with Gasteiger partial charge in [0.1, 0.15) is 0 Å². The van der Waals surface area contributed by atoms with Gasteiger partial charge in [-0.15, -0.1) is 0 Å². The zero-order chi connectivity index (χ0) is 12.3. The van der Waals surface area contributed by atoms with E-state index in [4.69, 9.17) is 5.73 Å². The normalized spacial score (nSPS) is 29.2. The Morgan fingerprint density at radius 2 is 2.18 bits per heavy atom. The molecule has 1 heteroatoms. The van der Waals surface area contributed by atoms with E-state index in [9.17, 15) is 0 Å². The fourth-order valence-electron chi connectivity index (χ4n) is 3.14. The van der Waals surface area contributed by atoms with E-state index in [-0.39, 0.29) is 5.54 Å². The first-order valence-electron chi connectivity index (χ1n) is 7.06. The van der Waals surface area contributed by atoms with E-state index in [2.05, 4.69) is 38.1 Å². The van der Waals surface area contributed by atoms with Gasteiger partial charge in [-0.2, -0.15) is 0 Å². The van der Waals surface area contributed by atoms with E-state index in [0.29, 0.717) is 0 Å². The molecule has 0 aromatic heterocycles. The Morgan fingerprint density at radius 1 is 1.35 bits per heavy atom. The summed E-state index contributed by atoms with van der Waals surface area (Å²) in [6, 6.07) is 8.90. The van der Waals surface area contributed by atoms with Gasteiger partial charge in [0.15, 0.2) is 0 Å². The van der Waals surface area contributed by atoms with Gasteiger partial charge in [-0.3, -0.25) is 0 Å². The lowest BCUT2D eigenvalue weighted by molar-refractivity contribution is 0.221. The summed E-state index contributed by atoms with van der Waals surface area (Å²) in [6.45, 7) is 4.50. The molecule has 0 amide bonds. The van der Waals surface area contributed by atoms with E-state index in [0.717, 1.165) is 25.2 Å². The first-order chi connectivity index (χ1) is 8.18. The molecule has 0 radical (unpaired) electrons. The molecule has 1 aliphatic rings. The van der Waals surface area contributed by atoms with E-state index < -0.39 is 0 Å². The third-order valence-corrected chi connectivity index (χ3v) is 4.38. The van der Waals surface area contributed by atoms with Gasteiger partial charge >= 0.3 is 0 Å². The zero-order valence-corrected chi connectivity index (χ0v) is 11.2. The molecule has 0 saturated heterocycles. The molecule has 0 heterocycles. The standard InChI is InChI=1S/C16H25N/c1-3-13-7-5-9-15(11-13)16(17)10-6-8-14(4-2)12-16/h5,7,9,11,14H,3-4,6,8,10,12,17H2,1-2H3. The Hall–Kier alpha value is -0.820. The second-order valence-corrected chi connectivity index (χ2v) is 5.58. The topological polar surface area (TPSA) is 26.0 Å². The SMILES string of the molecule is CCc1cccc(C2(N)CCCC(CC)C2)c1. The van der Waals surface area contributed by atoms with Crippen molar-refractivity contribution in [3.05, 3.63) is 35.4 Å². The van der Waals surface area contributed by atoms with E-state index >= 15 is 0 Å². The molecule has 1 fully saturated rings. The summed E-state index contributed by atoms with van der Waals surface area (Å²) in [7, 11) is 0. The summed E-state index contributed by atoms with van der Waals surface area (Å²) in [6.07, 6.45) is 7.33. The average Bonchev–Trinajstić information content (AvgIpc) is 2.39. The van der Waals surface area contributed by atoms with Crippen LogP contribution >= 0.6 is 0 Å². The van der Waals surface area contributed by atoms with Crippen molar-refractivity contribution in [3.63, 3.8) is 0 Å². The van der Waals surface area contributed by atoms with Crippen LogP contribution in [-0.2, 0) is 12.0 Å². The highest BCUT2D eigenvalue weighted by Crippen LogP contribution is 2.39. The van der Waals surface area contributed by atoms with Crippen LogP contribution in [0.15, 0.2) is 24.3 Å². The van der Waals surface area contributed by atoms with Crippen LogP contribution in [0.3, 0.4) is 0 Å².